The third kappa shape index (κ3) is 5.12. The SMILES string of the molecule is C=C(C)CN(CC)Cc1nc(N2CCCN(C(C)=O)CC2)c2cccc(C)c2n1. The fourth-order valence-corrected chi connectivity index (χ4v) is 3.94. The molecule has 29 heavy (non-hydrogen) atoms. The van der Waals surface area contributed by atoms with Gasteiger partial charge in [0.25, 0.3) is 0 Å². The van der Waals surface area contributed by atoms with Gasteiger partial charge in [0.05, 0.1) is 12.1 Å². The van der Waals surface area contributed by atoms with Crippen LogP contribution in [0.1, 0.15) is 38.6 Å². The smallest absolute Gasteiger partial charge is 0.219 e. The number of nitrogens with zero attached hydrogens (tertiary/aromatic N) is 5. The van der Waals surface area contributed by atoms with Crippen molar-refractivity contribution < 1.29 is 4.79 Å². The van der Waals surface area contributed by atoms with Crippen LogP contribution in [-0.4, -0.2) is 64.9 Å². The average Bonchev–Trinajstić information content (AvgIpc) is 2.93. The van der Waals surface area contributed by atoms with Crippen molar-refractivity contribution in [3.63, 3.8) is 0 Å². The number of rotatable bonds is 6. The number of aryl methyl sites for hydroxylation is 1. The van der Waals surface area contributed by atoms with Crippen molar-refractivity contribution in [2.45, 2.75) is 40.7 Å². The van der Waals surface area contributed by atoms with E-state index in [1.165, 1.54) is 0 Å². The van der Waals surface area contributed by atoms with Gasteiger partial charge in [-0.1, -0.05) is 31.2 Å². The summed E-state index contributed by atoms with van der Waals surface area (Å²) in [6, 6.07) is 6.29. The molecule has 0 spiro atoms. The van der Waals surface area contributed by atoms with Gasteiger partial charge in [0.1, 0.15) is 11.6 Å². The van der Waals surface area contributed by atoms with E-state index in [2.05, 4.69) is 55.3 Å². The Bertz CT molecular complexity index is 894. The third-order valence-electron chi connectivity index (χ3n) is 5.50. The Morgan fingerprint density at radius 3 is 2.66 bits per heavy atom. The average molecular weight is 396 g/mol. The Kier molecular flexibility index (Phi) is 6.85. The molecule has 156 valence electrons. The lowest BCUT2D eigenvalue weighted by atomic mass is 10.1. The number of para-hydroxylation sites is 1. The molecule has 1 aliphatic rings. The quantitative estimate of drug-likeness (QED) is 0.702. The van der Waals surface area contributed by atoms with E-state index < -0.39 is 0 Å². The van der Waals surface area contributed by atoms with Crippen molar-refractivity contribution in [3.8, 4) is 0 Å². The van der Waals surface area contributed by atoms with Crippen LogP contribution in [0.5, 0.6) is 0 Å². The Hall–Kier alpha value is -2.47. The van der Waals surface area contributed by atoms with Crippen molar-refractivity contribution in [2.24, 2.45) is 0 Å². The summed E-state index contributed by atoms with van der Waals surface area (Å²) in [4.78, 5) is 28.3. The second-order valence-electron chi connectivity index (χ2n) is 8.04. The number of aromatic nitrogens is 2. The molecule has 0 bridgehead atoms. The zero-order chi connectivity index (χ0) is 21.0. The molecule has 0 radical (unpaired) electrons. The molecule has 0 atom stereocenters. The highest BCUT2D eigenvalue weighted by atomic mass is 16.2. The number of likely N-dealkylation sites (N-methyl/N-ethyl adjacent to an activating group) is 1. The summed E-state index contributed by atoms with van der Waals surface area (Å²) in [6.45, 7) is 17.7. The van der Waals surface area contributed by atoms with Crippen LogP contribution in [0.4, 0.5) is 5.82 Å². The maximum Gasteiger partial charge on any atom is 0.219 e. The number of hydrogen-bond donors (Lipinski definition) is 0. The molecule has 1 aliphatic heterocycles. The highest BCUT2D eigenvalue weighted by Gasteiger charge is 2.21. The molecule has 1 aromatic carbocycles. The van der Waals surface area contributed by atoms with Crippen LogP contribution in [0.3, 0.4) is 0 Å². The van der Waals surface area contributed by atoms with Crippen LogP contribution >= 0.6 is 0 Å². The molecule has 2 heterocycles. The molecule has 1 saturated heterocycles. The Morgan fingerprint density at radius 2 is 1.97 bits per heavy atom. The first-order valence-electron chi connectivity index (χ1n) is 10.5. The summed E-state index contributed by atoms with van der Waals surface area (Å²) in [6.07, 6.45) is 0.947. The molecule has 6 nitrogen and oxygen atoms in total. The Labute approximate surface area is 174 Å². The first-order valence-corrected chi connectivity index (χ1v) is 10.5. The number of amides is 1. The normalized spacial score (nSPS) is 15.1. The molecule has 0 saturated carbocycles. The van der Waals surface area contributed by atoms with Crippen LogP contribution in [0.25, 0.3) is 10.9 Å². The van der Waals surface area contributed by atoms with Gasteiger partial charge >= 0.3 is 0 Å². The minimum atomic E-state index is 0.148. The van der Waals surface area contributed by atoms with E-state index >= 15 is 0 Å². The number of hydrogen-bond acceptors (Lipinski definition) is 5. The predicted molar refractivity (Wildman–Crippen MR) is 119 cm³/mol. The summed E-state index contributed by atoms with van der Waals surface area (Å²) >= 11 is 0. The summed E-state index contributed by atoms with van der Waals surface area (Å²) in [5, 5.41) is 1.09. The highest BCUT2D eigenvalue weighted by molar-refractivity contribution is 5.91. The van der Waals surface area contributed by atoms with Gasteiger partial charge in [0.15, 0.2) is 0 Å². The summed E-state index contributed by atoms with van der Waals surface area (Å²) < 4.78 is 0. The van der Waals surface area contributed by atoms with Crippen molar-refractivity contribution in [3.05, 3.63) is 41.7 Å². The van der Waals surface area contributed by atoms with Crippen LogP contribution in [-0.2, 0) is 11.3 Å². The maximum atomic E-state index is 11.8. The number of anilines is 1. The summed E-state index contributed by atoms with van der Waals surface area (Å²) in [7, 11) is 0. The lowest BCUT2D eigenvalue weighted by Crippen LogP contribution is -2.34. The van der Waals surface area contributed by atoms with Crippen molar-refractivity contribution in [1.29, 1.82) is 0 Å². The number of benzene rings is 1. The first kappa shape index (κ1) is 21.2. The minimum Gasteiger partial charge on any atom is -0.354 e. The fraction of sp³-hybridized carbons (Fsp3) is 0.522. The van der Waals surface area contributed by atoms with E-state index in [1.807, 2.05) is 4.90 Å². The zero-order valence-electron chi connectivity index (χ0n) is 18.2. The lowest BCUT2D eigenvalue weighted by molar-refractivity contribution is -0.128. The van der Waals surface area contributed by atoms with Crippen LogP contribution in [0.15, 0.2) is 30.4 Å². The predicted octanol–water partition coefficient (Wildman–Crippen LogP) is 3.39. The largest absolute Gasteiger partial charge is 0.354 e. The van der Waals surface area contributed by atoms with E-state index in [-0.39, 0.29) is 5.91 Å². The maximum absolute atomic E-state index is 11.8. The van der Waals surface area contributed by atoms with Crippen LogP contribution < -0.4 is 4.90 Å². The molecule has 0 unspecified atom stereocenters. The lowest BCUT2D eigenvalue weighted by Gasteiger charge is -2.25. The topological polar surface area (TPSA) is 52.6 Å². The fourth-order valence-electron chi connectivity index (χ4n) is 3.94. The monoisotopic (exact) mass is 395 g/mol. The molecule has 1 fully saturated rings. The highest BCUT2D eigenvalue weighted by Crippen LogP contribution is 2.27. The molecule has 1 aromatic heterocycles. The zero-order valence-corrected chi connectivity index (χ0v) is 18.2. The van der Waals surface area contributed by atoms with Gasteiger partial charge in [0.2, 0.25) is 5.91 Å². The second-order valence-corrected chi connectivity index (χ2v) is 8.04. The molecule has 0 aliphatic carbocycles. The molecular weight excluding hydrogens is 362 g/mol. The molecular formula is C23H33N5O. The van der Waals surface area contributed by atoms with Crippen molar-refractivity contribution >= 4 is 22.6 Å². The summed E-state index contributed by atoms with van der Waals surface area (Å²) in [5.41, 5.74) is 3.32. The van der Waals surface area contributed by atoms with Gasteiger partial charge in [0, 0.05) is 45.0 Å². The van der Waals surface area contributed by atoms with E-state index in [9.17, 15) is 4.79 Å². The van der Waals surface area contributed by atoms with Gasteiger partial charge in [-0.25, -0.2) is 9.97 Å². The number of fused-ring (bicyclic) bond motifs is 1. The van der Waals surface area contributed by atoms with Gasteiger partial charge in [-0.2, -0.15) is 0 Å². The van der Waals surface area contributed by atoms with Gasteiger partial charge in [-0.05, 0) is 38.4 Å². The van der Waals surface area contributed by atoms with Crippen LogP contribution in [0, 0.1) is 6.92 Å². The molecule has 2 aromatic rings. The summed E-state index contributed by atoms with van der Waals surface area (Å²) in [5.74, 6) is 1.98. The van der Waals surface area contributed by atoms with Crippen LogP contribution in [0.2, 0.25) is 0 Å². The third-order valence-corrected chi connectivity index (χ3v) is 5.50. The van der Waals surface area contributed by atoms with E-state index in [4.69, 9.17) is 9.97 Å². The van der Waals surface area contributed by atoms with Gasteiger partial charge in [-0.3, -0.25) is 9.69 Å². The minimum absolute atomic E-state index is 0.148. The van der Waals surface area contributed by atoms with Gasteiger partial charge in [-0.15, -0.1) is 0 Å². The molecule has 0 N–H and O–H groups in total. The Balaban J connectivity index is 1.98. The first-order chi connectivity index (χ1) is 13.9. The molecule has 1 amide bonds. The molecule has 3 rings (SSSR count). The number of carbonyl (C=O) groups is 1. The van der Waals surface area contributed by atoms with Crippen molar-refractivity contribution in [2.75, 3.05) is 44.2 Å². The Morgan fingerprint density at radius 1 is 1.17 bits per heavy atom. The van der Waals surface area contributed by atoms with Crippen molar-refractivity contribution in [1.82, 2.24) is 19.8 Å². The van der Waals surface area contributed by atoms with E-state index in [1.54, 1.807) is 6.92 Å². The number of carbonyl (C=O) groups excluding carboxylic acids is 1. The standard InChI is InChI=1S/C23H33N5O/c1-6-26(15-17(2)3)16-21-24-22-18(4)9-7-10-20(22)23(25-21)28-12-8-11-27(13-14-28)19(5)29/h7,9-10H,2,6,8,11-16H2,1,3-5H3. The second kappa shape index (κ2) is 9.35. The van der Waals surface area contributed by atoms with E-state index in [0.29, 0.717) is 6.54 Å². The molecule has 6 heteroatoms. The van der Waals surface area contributed by atoms with Gasteiger partial charge < -0.3 is 9.80 Å². The van der Waals surface area contributed by atoms with E-state index in [0.717, 1.165) is 79.4 Å².